The molecule has 0 aromatic carbocycles. The summed E-state index contributed by atoms with van der Waals surface area (Å²) in [5.41, 5.74) is 0.255. The Bertz CT molecular complexity index is 325. The molecule has 0 aliphatic carbocycles. The van der Waals surface area contributed by atoms with Crippen molar-refractivity contribution in [3.05, 3.63) is 12.2 Å². The molecule has 1 amide bonds. The number of carbonyl (C=O) groups excluding carboxylic acids is 1. The Morgan fingerprint density at radius 2 is 1.59 bits per heavy atom. The molecule has 0 aliphatic heterocycles. The summed E-state index contributed by atoms with van der Waals surface area (Å²) in [5.74, 6) is 0.125. The Balaban J connectivity index is 4.54. The van der Waals surface area contributed by atoms with Gasteiger partial charge < -0.3 is 9.80 Å². The number of rotatable bonds is 12. The largest absolute Gasteiger partial charge is 0.342 e. The second-order valence-corrected chi connectivity index (χ2v) is 7.23. The molecular formula is C19H38N2O. The summed E-state index contributed by atoms with van der Waals surface area (Å²) in [6.45, 7) is 8.51. The van der Waals surface area contributed by atoms with E-state index in [1.807, 2.05) is 32.1 Å². The van der Waals surface area contributed by atoms with Gasteiger partial charge in [-0.1, -0.05) is 59.0 Å². The third kappa shape index (κ3) is 9.99. The van der Waals surface area contributed by atoms with Gasteiger partial charge in [0, 0.05) is 26.2 Å². The normalized spacial score (nSPS) is 14.5. The smallest absolute Gasteiger partial charge is 0.246 e. The molecule has 0 rings (SSSR count). The summed E-state index contributed by atoms with van der Waals surface area (Å²) in [7, 11) is 5.95. The molecule has 0 aromatic heterocycles. The number of nitrogens with zero attached hydrogens (tertiary/aromatic N) is 2. The summed E-state index contributed by atoms with van der Waals surface area (Å²) >= 11 is 0. The number of hydrogen-bond donors (Lipinski definition) is 0. The van der Waals surface area contributed by atoms with Gasteiger partial charge in [-0.2, -0.15) is 0 Å². The Hall–Kier alpha value is -0.830. The first-order valence-electron chi connectivity index (χ1n) is 8.91. The summed E-state index contributed by atoms with van der Waals surface area (Å²) < 4.78 is 0. The minimum atomic E-state index is 0.125. The van der Waals surface area contributed by atoms with Gasteiger partial charge in [-0.05, 0) is 32.4 Å². The maximum atomic E-state index is 12.2. The van der Waals surface area contributed by atoms with Crippen LogP contribution in [0.25, 0.3) is 0 Å². The van der Waals surface area contributed by atoms with E-state index in [9.17, 15) is 4.79 Å². The highest BCUT2D eigenvalue weighted by atomic mass is 16.2. The first kappa shape index (κ1) is 21.2. The van der Waals surface area contributed by atoms with Crippen molar-refractivity contribution in [2.45, 2.75) is 65.7 Å². The van der Waals surface area contributed by atoms with Crippen LogP contribution in [0.15, 0.2) is 12.2 Å². The van der Waals surface area contributed by atoms with Crippen molar-refractivity contribution in [1.29, 1.82) is 0 Å². The van der Waals surface area contributed by atoms with Crippen molar-refractivity contribution in [1.82, 2.24) is 9.80 Å². The first-order chi connectivity index (χ1) is 10.3. The molecule has 130 valence electrons. The van der Waals surface area contributed by atoms with Crippen LogP contribution >= 0.6 is 0 Å². The fourth-order valence-corrected chi connectivity index (χ4v) is 2.83. The monoisotopic (exact) mass is 310 g/mol. The molecule has 1 atom stereocenters. The van der Waals surface area contributed by atoms with E-state index in [2.05, 4.69) is 25.7 Å². The fraction of sp³-hybridized carbons (Fsp3) is 0.842. The summed E-state index contributed by atoms with van der Waals surface area (Å²) in [5, 5.41) is 0. The van der Waals surface area contributed by atoms with Crippen LogP contribution in [0, 0.1) is 5.41 Å². The van der Waals surface area contributed by atoms with E-state index >= 15 is 0 Å². The molecule has 0 saturated heterocycles. The molecule has 0 N–H and O–H groups in total. The number of likely N-dealkylation sites (N-methyl/N-ethyl adjacent to an activating group) is 2. The third-order valence-electron chi connectivity index (χ3n) is 4.24. The molecule has 3 nitrogen and oxygen atoms in total. The van der Waals surface area contributed by atoms with Gasteiger partial charge in [0.25, 0.3) is 0 Å². The average molecular weight is 311 g/mol. The van der Waals surface area contributed by atoms with Crippen molar-refractivity contribution in [3.63, 3.8) is 0 Å². The molecule has 22 heavy (non-hydrogen) atoms. The highest BCUT2D eigenvalue weighted by molar-refractivity contribution is 5.87. The van der Waals surface area contributed by atoms with Crippen molar-refractivity contribution < 1.29 is 4.79 Å². The second kappa shape index (κ2) is 11.7. The van der Waals surface area contributed by atoms with Crippen molar-refractivity contribution >= 4 is 5.91 Å². The third-order valence-corrected chi connectivity index (χ3v) is 4.24. The van der Waals surface area contributed by atoms with E-state index in [0.29, 0.717) is 0 Å². The molecule has 0 aliphatic rings. The molecule has 3 heteroatoms. The average Bonchev–Trinajstić information content (AvgIpc) is 2.45. The standard InChI is InChI=1S/C19H38N2O/c1-7-9-11-15-19(3,14-10-8-2)17-21(6)18(22)13-12-16-20(4)5/h12-13H,7-11,14-17H2,1-6H3/b13-12+. The maximum Gasteiger partial charge on any atom is 0.246 e. The summed E-state index contributed by atoms with van der Waals surface area (Å²) in [4.78, 5) is 16.2. The summed E-state index contributed by atoms with van der Waals surface area (Å²) in [6, 6.07) is 0. The molecule has 0 bridgehead atoms. The lowest BCUT2D eigenvalue weighted by Crippen LogP contribution is -2.36. The predicted molar refractivity (Wildman–Crippen MR) is 97.1 cm³/mol. The van der Waals surface area contributed by atoms with E-state index in [4.69, 9.17) is 0 Å². The van der Waals surface area contributed by atoms with Gasteiger partial charge >= 0.3 is 0 Å². The lowest BCUT2D eigenvalue weighted by atomic mass is 9.79. The van der Waals surface area contributed by atoms with Crippen LogP contribution in [0.5, 0.6) is 0 Å². The van der Waals surface area contributed by atoms with Crippen LogP contribution in [0.4, 0.5) is 0 Å². The minimum Gasteiger partial charge on any atom is -0.342 e. The fourth-order valence-electron chi connectivity index (χ4n) is 2.83. The zero-order chi connectivity index (χ0) is 17.0. The second-order valence-electron chi connectivity index (χ2n) is 7.23. The van der Waals surface area contributed by atoms with Crippen molar-refractivity contribution in [2.24, 2.45) is 5.41 Å². The van der Waals surface area contributed by atoms with Gasteiger partial charge in [-0.25, -0.2) is 0 Å². The molecule has 1 unspecified atom stereocenters. The highest BCUT2D eigenvalue weighted by Crippen LogP contribution is 2.31. The van der Waals surface area contributed by atoms with Gasteiger partial charge in [0.1, 0.15) is 0 Å². The van der Waals surface area contributed by atoms with Crippen molar-refractivity contribution in [3.8, 4) is 0 Å². The van der Waals surface area contributed by atoms with Gasteiger partial charge in [-0.3, -0.25) is 4.79 Å². The number of unbranched alkanes of at least 4 members (excludes halogenated alkanes) is 3. The Labute approximate surface area is 138 Å². The van der Waals surface area contributed by atoms with Gasteiger partial charge in [0.05, 0.1) is 0 Å². The van der Waals surface area contributed by atoms with Crippen molar-refractivity contribution in [2.75, 3.05) is 34.2 Å². The molecule has 0 aromatic rings. The van der Waals surface area contributed by atoms with Gasteiger partial charge in [0.2, 0.25) is 5.91 Å². The Morgan fingerprint density at radius 3 is 2.14 bits per heavy atom. The van der Waals surface area contributed by atoms with Crippen LogP contribution < -0.4 is 0 Å². The van der Waals surface area contributed by atoms with Crippen LogP contribution in [-0.4, -0.2) is 49.9 Å². The Kier molecular flexibility index (Phi) is 11.3. The quantitative estimate of drug-likeness (QED) is 0.395. The molecule has 0 fully saturated rings. The molecule has 0 saturated carbocycles. The topological polar surface area (TPSA) is 23.6 Å². The SMILES string of the molecule is CCCCCC(C)(CCCC)CN(C)C(=O)/C=C/CN(C)C. The predicted octanol–water partition coefficient (Wildman–Crippen LogP) is 4.34. The van der Waals surface area contributed by atoms with E-state index in [1.54, 1.807) is 6.08 Å². The minimum absolute atomic E-state index is 0.125. The highest BCUT2D eigenvalue weighted by Gasteiger charge is 2.26. The first-order valence-corrected chi connectivity index (χ1v) is 8.91. The van der Waals surface area contributed by atoms with E-state index in [-0.39, 0.29) is 11.3 Å². The summed E-state index contributed by atoms with van der Waals surface area (Å²) in [6.07, 6.45) is 12.4. The van der Waals surface area contributed by atoms with Crippen LogP contribution in [-0.2, 0) is 4.79 Å². The van der Waals surface area contributed by atoms with E-state index in [0.717, 1.165) is 13.1 Å². The van der Waals surface area contributed by atoms with E-state index in [1.165, 1.54) is 44.9 Å². The van der Waals surface area contributed by atoms with E-state index < -0.39 is 0 Å². The lowest BCUT2D eigenvalue weighted by Gasteiger charge is -2.34. The molecule has 0 spiro atoms. The molecule has 0 radical (unpaired) electrons. The van der Waals surface area contributed by atoms with Gasteiger partial charge in [-0.15, -0.1) is 0 Å². The molecule has 0 heterocycles. The van der Waals surface area contributed by atoms with Crippen LogP contribution in [0.3, 0.4) is 0 Å². The number of amides is 1. The number of carbonyl (C=O) groups is 1. The van der Waals surface area contributed by atoms with Crippen LogP contribution in [0.2, 0.25) is 0 Å². The Morgan fingerprint density at radius 1 is 1.00 bits per heavy atom. The van der Waals surface area contributed by atoms with Gasteiger partial charge in [0.15, 0.2) is 0 Å². The lowest BCUT2D eigenvalue weighted by molar-refractivity contribution is -0.126. The zero-order valence-corrected chi connectivity index (χ0v) is 15.8. The van der Waals surface area contributed by atoms with Crippen LogP contribution in [0.1, 0.15) is 65.7 Å². The molecular weight excluding hydrogens is 272 g/mol. The maximum absolute atomic E-state index is 12.2. The number of hydrogen-bond acceptors (Lipinski definition) is 2. The zero-order valence-electron chi connectivity index (χ0n) is 15.8.